The number of hydrogen-bond donors (Lipinski definition) is 0. The van der Waals surface area contributed by atoms with Crippen LogP contribution in [0.2, 0.25) is 0 Å². The van der Waals surface area contributed by atoms with E-state index in [0.29, 0.717) is 5.56 Å². The Morgan fingerprint density at radius 1 is 0.944 bits per heavy atom. The van der Waals surface area contributed by atoms with Crippen LogP contribution in [0.3, 0.4) is 0 Å². The fourth-order valence-electron chi connectivity index (χ4n) is 2.04. The van der Waals surface area contributed by atoms with Gasteiger partial charge in [0.15, 0.2) is 6.29 Å². The summed E-state index contributed by atoms with van der Waals surface area (Å²) in [6.07, 6.45) is 0.885. The fraction of sp³-hybridized carbons (Fsp3) is 0.188. The Balaban J connectivity index is 2.70. The van der Waals surface area contributed by atoms with E-state index in [-0.39, 0.29) is 0 Å². The van der Waals surface area contributed by atoms with Crippen molar-refractivity contribution in [2.45, 2.75) is 13.8 Å². The summed E-state index contributed by atoms with van der Waals surface area (Å²) in [6.45, 7) is 4.04. The van der Waals surface area contributed by atoms with Gasteiger partial charge in [0.2, 0.25) is 0 Å². The molecule has 0 saturated carbocycles. The Hall–Kier alpha value is -2.09. The Bertz CT molecular complexity index is 586. The molecule has 0 heterocycles. The molecule has 0 aliphatic heterocycles. The number of benzene rings is 2. The van der Waals surface area contributed by atoms with Crippen molar-refractivity contribution in [3.8, 4) is 16.9 Å². The lowest BCUT2D eigenvalue weighted by molar-refractivity contribution is 0.112. The number of hydrogen-bond acceptors (Lipinski definition) is 2. The molecule has 0 aliphatic rings. The number of carbonyl (C=O) groups is 1. The van der Waals surface area contributed by atoms with Gasteiger partial charge < -0.3 is 4.74 Å². The van der Waals surface area contributed by atoms with Gasteiger partial charge in [0.05, 0.1) is 7.11 Å². The number of carbonyl (C=O) groups excluding carboxylic acids is 1. The van der Waals surface area contributed by atoms with Crippen molar-refractivity contribution in [3.05, 3.63) is 53.1 Å². The minimum Gasteiger partial charge on any atom is -0.496 e. The first-order valence-electron chi connectivity index (χ1n) is 5.86. The lowest BCUT2D eigenvalue weighted by Gasteiger charge is -2.12. The van der Waals surface area contributed by atoms with E-state index in [2.05, 4.69) is 0 Å². The molecule has 0 saturated heterocycles. The maximum absolute atomic E-state index is 11.2. The normalized spacial score (nSPS) is 10.2. The van der Waals surface area contributed by atoms with Gasteiger partial charge >= 0.3 is 0 Å². The second-order valence-corrected chi connectivity index (χ2v) is 4.41. The van der Waals surface area contributed by atoms with Gasteiger partial charge in [0, 0.05) is 11.1 Å². The highest BCUT2D eigenvalue weighted by molar-refractivity contribution is 5.89. The van der Waals surface area contributed by atoms with E-state index in [1.165, 1.54) is 0 Å². The van der Waals surface area contributed by atoms with Crippen molar-refractivity contribution >= 4 is 6.29 Å². The molecule has 0 radical (unpaired) electrons. The summed E-state index contributed by atoms with van der Waals surface area (Å²) in [5.41, 5.74) is 4.83. The Morgan fingerprint density at radius 3 is 2.17 bits per heavy atom. The average Bonchev–Trinajstić information content (AvgIpc) is 2.38. The van der Waals surface area contributed by atoms with Crippen LogP contribution in [0.15, 0.2) is 36.4 Å². The van der Waals surface area contributed by atoms with Gasteiger partial charge in [-0.25, -0.2) is 0 Å². The Kier molecular flexibility index (Phi) is 3.47. The summed E-state index contributed by atoms with van der Waals surface area (Å²) in [5, 5.41) is 0. The number of ether oxygens (including phenoxy) is 1. The first kappa shape index (κ1) is 12.4. The molecule has 0 unspecified atom stereocenters. The zero-order chi connectivity index (χ0) is 13.1. The zero-order valence-corrected chi connectivity index (χ0v) is 10.9. The molecule has 2 aromatic rings. The van der Waals surface area contributed by atoms with E-state index in [1.54, 1.807) is 7.11 Å². The summed E-state index contributed by atoms with van der Waals surface area (Å²) in [5.74, 6) is 0.786. The molecular weight excluding hydrogens is 224 g/mol. The van der Waals surface area contributed by atoms with E-state index in [4.69, 9.17) is 4.74 Å². The van der Waals surface area contributed by atoms with Crippen LogP contribution in [-0.4, -0.2) is 13.4 Å². The summed E-state index contributed by atoms with van der Waals surface area (Å²) in [6, 6.07) is 11.8. The number of methoxy groups -OCH3 is 1. The van der Waals surface area contributed by atoms with Crippen molar-refractivity contribution in [2.24, 2.45) is 0 Å². The van der Waals surface area contributed by atoms with Crippen LogP contribution < -0.4 is 4.74 Å². The molecule has 18 heavy (non-hydrogen) atoms. The topological polar surface area (TPSA) is 26.3 Å². The molecule has 0 spiro atoms. The minimum absolute atomic E-state index is 0.685. The van der Waals surface area contributed by atoms with E-state index in [0.717, 1.165) is 34.3 Å². The second-order valence-electron chi connectivity index (χ2n) is 4.41. The van der Waals surface area contributed by atoms with Crippen molar-refractivity contribution < 1.29 is 9.53 Å². The van der Waals surface area contributed by atoms with Gasteiger partial charge in [0.25, 0.3) is 0 Å². The van der Waals surface area contributed by atoms with Gasteiger partial charge in [-0.3, -0.25) is 4.79 Å². The van der Waals surface area contributed by atoms with E-state index in [9.17, 15) is 4.79 Å². The molecule has 92 valence electrons. The first-order valence-corrected chi connectivity index (χ1v) is 5.86. The van der Waals surface area contributed by atoms with Gasteiger partial charge in [-0.15, -0.1) is 0 Å². The summed E-state index contributed by atoms with van der Waals surface area (Å²) >= 11 is 0. The van der Waals surface area contributed by atoms with Crippen LogP contribution in [-0.2, 0) is 0 Å². The van der Waals surface area contributed by atoms with E-state index >= 15 is 0 Å². The Morgan fingerprint density at radius 2 is 1.56 bits per heavy atom. The number of aryl methyl sites for hydroxylation is 2. The number of aldehydes is 1. The largest absolute Gasteiger partial charge is 0.496 e. The highest BCUT2D eigenvalue weighted by atomic mass is 16.5. The maximum Gasteiger partial charge on any atom is 0.150 e. The number of rotatable bonds is 3. The molecule has 0 aliphatic carbocycles. The Labute approximate surface area is 107 Å². The van der Waals surface area contributed by atoms with Gasteiger partial charge in [0.1, 0.15) is 5.75 Å². The highest BCUT2D eigenvalue weighted by Gasteiger charge is 2.10. The molecule has 0 bridgehead atoms. The minimum atomic E-state index is 0.685. The molecule has 0 N–H and O–H groups in total. The first-order chi connectivity index (χ1) is 8.65. The van der Waals surface area contributed by atoms with Crippen LogP contribution in [0.25, 0.3) is 11.1 Å². The SMILES string of the molecule is COc1ccc(C)cc1-c1cc(C)ccc1C=O. The molecule has 0 fully saturated rings. The smallest absolute Gasteiger partial charge is 0.150 e. The molecule has 0 amide bonds. The predicted octanol–water partition coefficient (Wildman–Crippen LogP) is 3.79. The molecule has 2 heteroatoms. The van der Waals surface area contributed by atoms with Crippen LogP contribution in [0.1, 0.15) is 21.5 Å². The quantitative estimate of drug-likeness (QED) is 0.763. The van der Waals surface area contributed by atoms with Crippen LogP contribution in [0.4, 0.5) is 0 Å². The van der Waals surface area contributed by atoms with Crippen molar-refractivity contribution in [1.82, 2.24) is 0 Å². The lowest BCUT2D eigenvalue weighted by Crippen LogP contribution is -1.93. The van der Waals surface area contributed by atoms with Crippen LogP contribution in [0, 0.1) is 13.8 Å². The van der Waals surface area contributed by atoms with E-state index < -0.39 is 0 Å². The van der Waals surface area contributed by atoms with Gasteiger partial charge in [-0.05, 0) is 31.5 Å². The zero-order valence-electron chi connectivity index (χ0n) is 10.9. The molecular formula is C16H16O2. The van der Waals surface area contributed by atoms with Crippen LogP contribution >= 0.6 is 0 Å². The summed E-state index contributed by atoms with van der Waals surface area (Å²) in [7, 11) is 1.64. The third-order valence-corrected chi connectivity index (χ3v) is 2.98. The third-order valence-electron chi connectivity index (χ3n) is 2.98. The molecule has 2 aromatic carbocycles. The predicted molar refractivity (Wildman–Crippen MR) is 73.3 cm³/mol. The molecule has 0 atom stereocenters. The van der Waals surface area contributed by atoms with Crippen molar-refractivity contribution in [1.29, 1.82) is 0 Å². The molecule has 2 rings (SSSR count). The summed E-state index contributed by atoms with van der Waals surface area (Å²) in [4.78, 5) is 11.2. The highest BCUT2D eigenvalue weighted by Crippen LogP contribution is 2.33. The van der Waals surface area contributed by atoms with Crippen LogP contribution in [0.5, 0.6) is 5.75 Å². The van der Waals surface area contributed by atoms with Gasteiger partial charge in [-0.2, -0.15) is 0 Å². The molecule has 0 aromatic heterocycles. The monoisotopic (exact) mass is 240 g/mol. The van der Waals surface area contributed by atoms with Crippen molar-refractivity contribution in [2.75, 3.05) is 7.11 Å². The second kappa shape index (κ2) is 5.05. The molecule has 2 nitrogen and oxygen atoms in total. The maximum atomic E-state index is 11.2. The van der Waals surface area contributed by atoms with Crippen molar-refractivity contribution in [3.63, 3.8) is 0 Å². The summed E-state index contributed by atoms with van der Waals surface area (Å²) < 4.78 is 5.38. The lowest BCUT2D eigenvalue weighted by atomic mass is 9.96. The fourth-order valence-corrected chi connectivity index (χ4v) is 2.04. The standard InChI is InChI=1S/C16H16O2/c1-11-4-6-13(10-17)14(8-11)15-9-12(2)5-7-16(15)18-3/h4-10H,1-3H3. The van der Waals surface area contributed by atoms with Gasteiger partial charge in [-0.1, -0.05) is 35.4 Å². The average molecular weight is 240 g/mol. The van der Waals surface area contributed by atoms with E-state index in [1.807, 2.05) is 50.2 Å². The third kappa shape index (κ3) is 2.28.